The first-order chi connectivity index (χ1) is 45.8. The van der Waals surface area contributed by atoms with Crippen molar-refractivity contribution < 1.29 is 62.6 Å². The summed E-state index contributed by atoms with van der Waals surface area (Å²) in [6, 6.07) is 29.4. The summed E-state index contributed by atoms with van der Waals surface area (Å²) in [6.45, 7) is 11.9. The number of hydrogen-bond acceptors (Lipinski definition) is 15. The van der Waals surface area contributed by atoms with Gasteiger partial charge < -0.3 is 30.2 Å². The number of hydrogen-bond donors (Lipinski definition) is 3. The van der Waals surface area contributed by atoms with Gasteiger partial charge in [0.15, 0.2) is 0 Å². The highest BCUT2D eigenvalue weighted by molar-refractivity contribution is 7.93. The van der Waals surface area contributed by atoms with E-state index in [1.54, 1.807) is 64.2 Å². The number of aryl methyl sites for hydroxylation is 2. The summed E-state index contributed by atoms with van der Waals surface area (Å²) in [5.74, 6) is -1.57. The molecule has 3 aliphatic rings. The first-order valence-electron chi connectivity index (χ1n) is 32.8. The van der Waals surface area contributed by atoms with Crippen LogP contribution in [0.2, 0.25) is 10.0 Å². The van der Waals surface area contributed by atoms with Crippen molar-refractivity contribution in [3.63, 3.8) is 0 Å². The number of carbonyl (C=O) groups is 3. The molecule has 0 aliphatic carbocycles. The van der Waals surface area contributed by atoms with Crippen LogP contribution in [0.15, 0.2) is 124 Å². The molecule has 25 heteroatoms. The first kappa shape index (κ1) is 76.7. The van der Waals surface area contributed by atoms with Gasteiger partial charge in [-0.1, -0.05) is 116 Å². The molecule has 3 heterocycles. The van der Waals surface area contributed by atoms with E-state index >= 15 is 0 Å². The molecule has 9 rings (SSSR count). The average Bonchev–Trinajstić information content (AvgIpc) is 1.60. The molecule has 18 nitrogen and oxygen atoms in total. The fourth-order valence-electron chi connectivity index (χ4n) is 12.0. The second-order valence-electron chi connectivity index (χ2n) is 23.7. The van der Waals surface area contributed by atoms with Crippen LogP contribution < -0.4 is 28.9 Å². The fraction of sp³-hybridized carbons (Fsp3) is 0.451. The van der Waals surface area contributed by atoms with Crippen LogP contribution in [0.1, 0.15) is 180 Å². The van der Waals surface area contributed by atoms with E-state index in [0.717, 1.165) is 99.3 Å². The van der Waals surface area contributed by atoms with Crippen molar-refractivity contribution >= 4 is 88.2 Å². The van der Waals surface area contributed by atoms with Crippen molar-refractivity contribution in [3.8, 4) is 0 Å². The number of nitrogens with one attached hydrogen (secondary N) is 3. The third-order valence-electron chi connectivity index (χ3n) is 17.1. The quantitative estimate of drug-likeness (QED) is 0.0248. The standard InChI is InChI=1S/C24H31ClN2O4S.C24H31FN2O4S.C23H28ClFN2O4S/c2*1-4-31-23(28)13-7-5-6-10-14-26-24-18-11-8-9-12-21(18)27(3)32(29,30)22-15-17(2)20(25)16-19(22)24;1-3-31-22(28)12-6-4-5-9-13-26-23-16-10-7-8-11-20(16)27(2)32(29,30)21-15-18(24)19(25)14-17(21)23/h2*8-9,11-12,15-16,24,26H,4-7,10,13-14H2,1-3H3;7-8,10-11,14-15,23,26H,3-6,9,12-13H2,1-2H3. The van der Waals surface area contributed by atoms with Crippen molar-refractivity contribution in [2.75, 3.05) is 73.5 Å². The minimum atomic E-state index is -3.90. The van der Waals surface area contributed by atoms with E-state index in [-0.39, 0.29) is 43.7 Å². The average molecular weight is 1420 g/mol. The lowest BCUT2D eigenvalue weighted by Crippen LogP contribution is -2.26. The number of halogens is 4. The normalized spacial score (nSPS) is 16.8. The summed E-state index contributed by atoms with van der Waals surface area (Å²) in [5.41, 5.74) is 6.67. The number of nitrogens with zero attached hydrogens (tertiary/aromatic N) is 3. The Labute approximate surface area is 575 Å². The zero-order chi connectivity index (χ0) is 69.9. The highest BCUT2D eigenvalue weighted by Gasteiger charge is 2.39. The van der Waals surface area contributed by atoms with E-state index in [9.17, 15) is 48.4 Å². The number of fused-ring (bicyclic) bond motifs is 6. The van der Waals surface area contributed by atoms with Crippen molar-refractivity contribution in [2.45, 2.75) is 164 Å². The van der Waals surface area contributed by atoms with Gasteiger partial charge in [0.2, 0.25) is 0 Å². The second kappa shape index (κ2) is 35.7. The van der Waals surface area contributed by atoms with E-state index in [2.05, 4.69) is 16.0 Å². The summed E-state index contributed by atoms with van der Waals surface area (Å²) in [6.07, 6.45) is 11.8. The molecule has 0 saturated carbocycles. The molecule has 3 unspecified atom stereocenters. The number of rotatable bonds is 27. The first-order valence-corrected chi connectivity index (χ1v) is 37.9. The monoisotopic (exact) mass is 1420 g/mol. The lowest BCUT2D eigenvalue weighted by Gasteiger charge is -2.22. The molecule has 0 spiro atoms. The van der Waals surface area contributed by atoms with E-state index in [0.29, 0.717) is 103 Å². The van der Waals surface area contributed by atoms with Crippen molar-refractivity contribution in [1.29, 1.82) is 0 Å². The van der Waals surface area contributed by atoms with Crippen LogP contribution in [0, 0.1) is 25.5 Å². The molecule has 0 bridgehead atoms. The maximum Gasteiger partial charge on any atom is 0.305 e. The number of benzene rings is 6. The molecule has 6 aromatic carbocycles. The predicted octanol–water partition coefficient (Wildman–Crippen LogP) is 14.3. The van der Waals surface area contributed by atoms with E-state index in [1.165, 1.54) is 51.3 Å². The van der Waals surface area contributed by atoms with E-state index in [4.69, 9.17) is 37.4 Å². The van der Waals surface area contributed by atoms with Gasteiger partial charge in [-0.25, -0.2) is 34.0 Å². The van der Waals surface area contributed by atoms with Gasteiger partial charge in [0.1, 0.15) is 11.6 Å². The zero-order valence-electron chi connectivity index (χ0n) is 56.0. The Morgan fingerprint density at radius 3 is 1.06 bits per heavy atom. The Kier molecular flexibility index (Phi) is 28.5. The molecule has 3 aliphatic heterocycles. The highest BCUT2D eigenvalue weighted by atomic mass is 35.5. The second-order valence-corrected chi connectivity index (χ2v) is 30.4. The topological polar surface area (TPSA) is 227 Å². The van der Waals surface area contributed by atoms with Gasteiger partial charge in [-0.2, -0.15) is 0 Å². The van der Waals surface area contributed by atoms with Crippen LogP contribution in [-0.4, -0.2) is 104 Å². The maximum absolute atomic E-state index is 14.5. The van der Waals surface area contributed by atoms with Crippen molar-refractivity contribution in [2.24, 2.45) is 0 Å². The van der Waals surface area contributed by atoms with Crippen LogP contribution in [0.25, 0.3) is 0 Å². The van der Waals surface area contributed by atoms with Crippen LogP contribution in [-0.2, 0) is 58.7 Å². The number of ether oxygens (including phenoxy) is 3. The Morgan fingerprint density at radius 1 is 0.406 bits per heavy atom. The van der Waals surface area contributed by atoms with Crippen LogP contribution >= 0.6 is 23.2 Å². The Hall–Kier alpha value is -6.70. The lowest BCUT2D eigenvalue weighted by molar-refractivity contribution is -0.144. The van der Waals surface area contributed by atoms with Crippen LogP contribution in [0.5, 0.6) is 0 Å². The molecule has 6 aromatic rings. The number of anilines is 3. The molecule has 0 fully saturated rings. The van der Waals surface area contributed by atoms with Crippen molar-refractivity contribution in [1.82, 2.24) is 16.0 Å². The van der Waals surface area contributed by atoms with E-state index < -0.39 is 53.8 Å². The molecule has 0 aromatic heterocycles. The zero-order valence-corrected chi connectivity index (χ0v) is 59.9. The molecule has 0 saturated heterocycles. The molecule has 3 N–H and O–H groups in total. The van der Waals surface area contributed by atoms with Crippen molar-refractivity contribution in [3.05, 3.63) is 175 Å². The van der Waals surface area contributed by atoms with Gasteiger partial charge in [0.25, 0.3) is 30.1 Å². The molecule has 96 heavy (non-hydrogen) atoms. The number of sulfonamides is 3. The molecule has 0 radical (unpaired) electrons. The molecule has 3 atom stereocenters. The minimum Gasteiger partial charge on any atom is -0.466 e. The van der Waals surface area contributed by atoms with Crippen LogP contribution in [0.3, 0.4) is 0 Å². The fourth-order valence-corrected chi connectivity index (χ4v) is 16.9. The smallest absolute Gasteiger partial charge is 0.305 e. The third kappa shape index (κ3) is 18.9. The van der Waals surface area contributed by atoms with Gasteiger partial charge >= 0.3 is 17.9 Å². The lowest BCUT2D eigenvalue weighted by atomic mass is 9.95. The van der Waals surface area contributed by atoms with Gasteiger partial charge in [0, 0.05) is 45.4 Å². The van der Waals surface area contributed by atoms with Gasteiger partial charge in [-0.15, -0.1) is 0 Å². The number of esters is 3. The Balaban J connectivity index is 0.000000203. The van der Waals surface area contributed by atoms with Gasteiger partial charge in [-0.05, 0) is 192 Å². The Morgan fingerprint density at radius 2 is 0.708 bits per heavy atom. The van der Waals surface area contributed by atoms with Gasteiger partial charge in [-0.3, -0.25) is 27.3 Å². The molecular formula is C71H90Cl2F2N6O12S3. The predicted molar refractivity (Wildman–Crippen MR) is 374 cm³/mol. The van der Waals surface area contributed by atoms with Gasteiger partial charge in [0.05, 0.1) is 74.7 Å². The molecule has 522 valence electrons. The largest absolute Gasteiger partial charge is 0.466 e. The summed E-state index contributed by atoms with van der Waals surface area (Å²) < 4.78 is 127. The number of para-hydroxylation sites is 3. The summed E-state index contributed by atoms with van der Waals surface area (Å²) in [4.78, 5) is 34.7. The summed E-state index contributed by atoms with van der Waals surface area (Å²) >= 11 is 12.4. The SMILES string of the molecule is CCOC(=O)CCCCCCNC1c2ccccc2N(C)S(=O)(=O)c2cc(C)c(Cl)cc21.CCOC(=O)CCCCCCNC1c2ccccc2N(C)S(=O)(=O)c2cc(C)c(F)cc21.CCOC(=O)CCCCCCNC1c2ccccc2N(C)S(=O)(=O)c2cc(Cl)c(F)cc21. The third-order valence-corrected chi connectivity index (χ3v) is 23.3. The van der Waals surface area contributed by atoms with Crippen LogP contribution in [0.4, 0.5) is 25.8 Å². The highest BCUT2D eigenvalue weighted by Crippen LogP contribution is 2.45. The number of unbranched alkanes of at least 4 members (excludes halogenated alkanes) is 9. The summed E-state index contributed by atoms with van der Waals surface area (Å²) in [5, 5.41) is 10.7. The van der Waals surface area contributed by atoms with E-state index in [1.807, 2.05) is 62.4 Å². The maximum atomic E-state index is 14.5. The number of carbonyl (C=O) groups excluding carboxylic acids is 3. The summed E-state index contributed by atoms with van der Waals surface area (Å²) in [7, 11) is -6.81. The Bertz CT molecular complexity index is 3630. The molecule has 0 amide bonds. The molecular weight excluding hydrogens is 1330 g/mol. The minimum absolute atomic E-state index is 0.00506.